The summed E-state index contributed by atoms with van der Waals surface area (Å²) in [7, 11) is 0. The molecule has 0 bridgehead atoms. The van der Waals surface area contributed by atoms with E-state index in [9.17, 15) is 14.9 Å². The number of hydrogen-bond acceptors (Lipinski definition) is 7. The van der Waals surface area contributed by atoms with E-state index in [1.807, 2.05) is 62.9 Å². The number of rotatable bonds is 7. The molecule has 0 radical (unpaired) electrons. The highest BCUT2D eigenvalue weighted by Gasteiger charge is 2.30. The molecule has 0 saturated carbocycles. The van der Waals surface area contributed by atoms with Crippen LogP contribution in [0.1, 0.15) is 39.2 Å². The number of nitrogens with zero attached hydrogens (tertiary/aromatic N) is 2. The number of carbonyl (C=O) groups is 1. The molecular weight excluding hydrogens is 412 g/mol. The summed E-state index contributed by atoms with van der Waals surface area (Å²) >= 11 is 0. The molecule has 0 unspecified atom stereocenters. The fraction of sp³-hybridized carbons (Fsp3) is 0.458. The Kier molecular flexibility index (Phi) is 7.35. The van der Waals surface area contributed by atoms with Crippen molar-refractivity contribution in [3.63, 3.8) is 0 Å². The molecule has 0 aliphatic carbocycles. The molecule has 8 nitrogen and oxygen atoms in total. The third-order valence-electron chi connectivity index (χ3n) is 5.07. The van der Waals surface area contributed by atoms with E-state index in [0.717, 1.165) is 0 Å². The Labute approximate surface area is 188 Å². The average Bonchev–Trinajstić information content (AvgIpc) is 2.73. The van der Waals surface area contributed by atoms with Gasteiger partial charge in [0.25, 0.3) is 5.69 Å². The Hall–Kier alpha value is -3.13. The number of ether oxygens (including phenoxy) is 3. The maximum absolute atomic E-state index is 12.1. The summed E-state index contributed by atoms with van der Waals surface area (Å²) in [5.41, 5.74) is 0.702. The Bertz CT molecular complexity index is 955. The van der Waals surface area contributed by atoms with Crippen molar-refractivity contribution in [3.8, 4) is 11.5 Å². The van der Waals surface area contributed by atoms with E-state index in [2.05, 4.69) is 0 Å². The molecule has 0 amide bonds. The van der Waals surface area contributed by atoms with E-state index >= 15 is 0 Å². The van der Waals surface area contributed by atoms with Gasteiger partial charge in [-0.2, -0.15) is 0 Å². The molecule has 172 valence electrons. The van der Waals surface area contributed by atoms with Gasteiger partial charge < -0.3 is 19.1 Å². The number of anilines is 1. The van der Waals surface area contributed by atoms with Gasteiger partial charge in [-0.25, -0.2) is 0 Å². The highest BCUT2D eigenvalue weighted by Crippen LogP contribution is 2.39. The van der Waals surface area contributed by atoms with Gasteiger partial charge in [0.15, 0.2) is 0 Å². The predicted molar refractivity (Wildman–Crippen MR) is 121 cm³/mol. The molecule has 0 spiro atoms. The van der Waals surface area contributed by atoms with Gasteiger partial charge >= 0.3 is 5.97 Å². The third kappa shape index (κ3) is 6.20. The van der Waals surface area contributed by atoms with Gasteiger partial charge in [0.2, 0.25) is 0 Å². The second kappa shape index (κ2) is 9.99. The van der Waals surface area contributed by atoms with Crippen molar-refractivity contribution < 1.29 is 23.9 Å². The molecule has 0 aromatic heterocycles. The summed E-state index contributed by atoms with van der Waals surface area (Å²) in [6.07, 6.45) is 0.487. The summed E-state index contributed by atoms with van der Waals surface area (Å²) in [4.78, 5) is 25.4. The molecule has 1 heterocycles. The van der Waals surface area contributed by atoms with Crippen LogP contribution < -0.4 is 9.64 Å². The van der Waals surface area contributed by atoms with E-state index < -0.39 is 5.60 Å². The average molecular weight is 443 g/mol. The zero-order chi connectivity index (χ0) is 23.3. The molecule has 1 fully saturated rings. The lowest BCUT2D eigenvalue weighted by Crippen LogP contribution is -2.43. The number of nitro groups is 1. The first kappa shape index (κ1) is 23.5. The van der Waals surface area contributed by atoms with Crippen molar-refractivity contribution in [1.82, 2.24) is 0 Å². The summed E-state index contributed by atoms with van der Waals surface area (Å²) in [5.74, 6) is 0.944. The topological polar surface area (TPSA) is 91.1 Å². The number of esters is 1. The number of nitro benzene ring substituents is 1. The maximum Gasteiger partial charge on any atom is 0.306 e. The first-order valence-corrected chi connectivity index (χ1v) is 10.7. The van der Waals surface area contributed by atoms with Crippen molar-refractivity contribution >= 4 is 17.3 Å². The van der Waals surface area contributed by atoms with Crippen LogP contribution in [0.4, 0.5) is 11.4 Å². The first-order valence-electron chi connectivity index (χ1n) is 10.7. The fourth-order valence-electron chi connectivity index (χ4n) is 3.71. The highest BCUT2D eigenvalue weighted by molar-refractivity contribution is 5.72. The maximum atomic E-state index is 12.1. The van der Waals surface area contributed by atoms with Crippen molar-refractivity contribution in [1.29, 1.82) is 0 Å². The predicted octanol–water partition coefficient (Wildman–Crippen LogP) is 5.02. The number of carbonyl (C=O) groups excluding carboxylic acids is 1. The SMILES string of the molecule is Cc1c(Oc2ccccc2)ccc([N+](=O)[O-])c1N1CCO[C@H](CCC(=O)OC(C)(C)C)C1. The minimum absolute atomic E-state index is 0.0238. The van der Waals surface area contributed by atoms with Crippen LogP contribution in [0.5, 0.6) is 11.5 Å². The number of benzene rings is 2. The van der Waals surface area contributed by atoms with E-state index in [0.29, 0.717) is 48.9 Å². The van der Waals surface area contributed by atoms with Crippen LogP contribution in [-0.4, -0.2) is 42.3 Å². The number of morpholine rings is 1. The van der Waals surface area contributed by atoms with E-state index in [1.54, 1.807) is 6.07 Å². The molecule has 0 N–H and O–H groups in total. The van der Waals surface area contributed by atoms with Crippen LogP contribution in [0, 0.1) is 17.0 Å². The van der Waals surface area contributed by atoms with Crippen LogP contribution >= 0.6 is 0 Å². The largest absolute Gasteiger partial charge is 0.460 e. The van der Waals surface area contributed by atoms with Gasteiger partial charge in [0.05, 0.1) is 17.6 Å². The van der Waals surface area contributed by atoms with Gasteiger partial charge in [-0.3, -0.25) is 14.9 Å². The second-order valence-electron chi connectivity index (χ2n) is 8.79. The van der Waals surface area contributed by atoms with Gasteiger partial charge in [-0.05, 0) is 52.3 Å². The third-order valence-corrected chi connectivity index (χ3v) is 5.07. The van der Waals surface area contributed by atoms with Gasteiger partial charge in [0.1, 0.15) is 22.8 Å². The molecule has 2 aromatic carbocycles. The highest BCUT2D eigenvalue weighted by atomic mass is 16.6. The van der Waals surface area contributed by atoms with Crippen molar-refractivity contribution in [2.24, 2.45) is 0 Å². The van der Waals surface area contributed by atoms with Gasteiger partial charge in [0, 0.05) is 31.1 Å². The van der Waals surface area contributed by atoms with Crippen LogP contribution in [0.25, 0.3) is 0 Å². The van der Waals surface area contributed by atoms with E-state index in [-0.39, 0.29) is 29.1 Å². The lowest BCUT2D eigenvalue weighted by atomic mass is 10.1. The molecule has 32 heavy (non-hydrogen) atoms. The molecule has 1 atom stereocenters. The Morgan fingerprint density at radius 3 is 2.59 bits per heavy atom. The minimum atomic E-state index is -0.534. The molecular formula is C24H30N2O6. The van der Waals surface area contributed by atoms with Gasteiger partial charge in [-0.15, -0.1) is 0 Å². The zero-order valence-electron chi connectivity index (χ0n) is 19.0. The fourth-order valence-corrected chi connectivity index (χ4v) is 3.71. The van der Waals surface area contributed by atoms with Crippen LogP contribution in [-0.2, 0) is 14.3 Å². The lowest BCUT2D eigenvalue weighted by Gasteiger charge is -2.35. The van der Waals surface area contributed by atoms with Crippen molar-refractivity contribution in [2.75, 3.05) is 24.6 Å². The van der Waals surface area contributed by atoms with E-state index in [4.69, 9.17) is 14.2 Å². The Morgan fingerprint density at radius 1 is 1.22 bits per heavy atom. The summed E-state index contributed by atoms with van der Waals surface area (Å²) in [5, 5.41) is 11.8. The first-order chi connectivity index (χ1) is 15.1. The summed E-state index contributed by atoms with van der Waals surface area (Å²) in [6.45, 7) is 8.69. The van der Waals surface area contributed by atoms with Crippen LogP contribution in [0.3, 0.4) is 0 Å². The summed E-state index contributed by atoms with van der Waals surface area (Å²) in [6, 6.07) is 12.4. The number of para-hydroxylation sites is 1. The van der Waals surface area contributed by atoms with Crippen LogP contribution in [0.15, 0.2) is 42.5 Å². The standard InChI is InChI=1S/C24H30N2O6/c1-17-21(31-18-8-6-5-7-9-18)12-11-20(26(28)29)23(17)25-14-15-30-19(16-25)10-13-22(27)32-24(2,3)4/h5-9,11-12,19H,10,13-16H2,1-4H3/t19-/m1/s1. The van der Waals surface area contributed by atoms with Crippen molar-refractivity contribution in [2.45, 2.75) is 52.2 Å². The van der Waals surface area contributed by atoms with Gasteiger partial charge in [-0.1, -0.05) is 18.2 Å². The molecule has 3 rings (SSSR count). The van der Waals surface area contributed by atoms with Crippen LogP contribution in [0.2, 0.25) is 0 Å². The number of hydrogen-bond donors (Lipinski definition) is 0. The monoisotopic (exact) mass is 442 g/mol. The smallest absolute Gasteiger partial charge is 0.306 e. The van der Waals surface area contributed by atoms with Crippen molar-refractivity contribution in [3.05, 3.63) is 58.1 Å². The van der Waals surface area contributed by atoms with E-state index in [1.165, 1.54) is 6.07 Å². The quantitative estimate of drug-likeness (QED) is 0.338. The second-order valence-corrected chi connectivity index (χ2v) is 8.79. The molecule has 8 heteroatoms. The molecule has 1 aliphatic rings. The zero-order valence-corrected chi connectivity index (χ0v) is 19.0. The summed E-state index contributed by atoms with van der Waals surface area (Å²) < 4.78 is 17.2. The normalized spacial score (nSPS) is 16.5. The molecule has 1 saturated heterocycles. The Balaban J connectivity index is 1.78. The molecule has 2 aromatic rings. The molecule has 1 aliphatic heterocycles. The lowest BCUT2D eigenvalue weighted by molar-refractivity contribution is -0.384. The Morgan fingerprint density at radius 2 is 1.94 bits per heavy atom. The minimum Gasteiger partial charge on any atom is -0.460 e.